The average Bonchev–Trinajstić information content (AvgIpc) is 2.20. The molecule has 1 rings (SSSR count). The Bertz CT molecular complexity index is 393. The van der Waals surface area contributed by atoms with Crippen LogP contribution in [0.25, 0.3) is 0 Å². The highest BCUT2D eigenvalue weighted by atomic mass is 32.2. The van der Waals surface area contributed by atoms with Crippen molar-refractivity contribution in [3.63, 3.8) is 0 Å². The van der Waals surface area contributed by atoms with Crippen molar-refractivity contribution in [3.8, 4) is 0 Å². The van der Waals surface area contributed by atoms with Gasteiger partial charge in [0, 0.05) is 20.1 Å². The van der Waals surface area contributed by atoms with Gasteiger partial charge < -0.3 is 10.4 Å². The summed E-state index contributed by atoms with van der Waals surface area (Å²) in [7, 11) is -2.58. The second kappa shape index (κ2) is 4.76. The van der Waals surface area contributed by atoms with Crippen LogP contribution in [0.5, 0.6) is 0 Å². The molecule has 1 saturated heterocycles. The first-order valence-corrected chi connectivity index (χ1v) is 6.02. The summed E-state index contributed by atoms with van der Waals surface area (Å²) in [5.74, 6) is -1.81. The summed E-state index contributed by atoms with van der Waals surface area (Å²) in [6.07, 6.45) is -0.549. The molecule has 1 aliphatic heterocycles. The number of carbonyl (C=O) groups is 2. The van der Waals surface area contributed by atoms with Gasteiger partial charge in [0.15, 0.2) is 0 Å². The Balaban J connectivity index is 2.95. The van der Waals surface area contributed by atoms with Crippen LogP contribution in [0.3, 0.4) is 0 Å². The second-order valence-corrected chi connectivity index (χ2v) is 5.05. The van der Waals surface area contributed by atoms with Crippen LogP contribution in [0, 0.1) is 0 Å². The number of nitrogens with zero attached hydrogens (tertiary/aromatic N) is 1. The normalized spacial score (nSPS) is 22.8. The molecule has 0 bridgehead atoms. The molecule has 0 aromatic heterocycles. The highest BCUT2D eigenvalue weighted by Crippen LogP contribution is 2.12. The predicted molar refractivity (Wildman–Crippen MR) is 53.7 cm³/mol. The molecule has 9 heteroatoms. The number of aliphatic carboxylic acids is 1. The van der Waals surface area contributed by atoms with Crippen LogP contribution >= 0.6 is 0 Å². The first-order valence-electron chi connectivity index (χ1n) is 4.58. The third-order valence-electron chi connectivity index (χ3n) is 2.22. The molecule has 3 N–H and O–H groups in total. The lowest BCUT2D eigenvalue weighted by atomic mass is 10.1. The van der Waals surface area contributed by atoms with Gasteiger partial charge in [-0.3, -0.25) is 9.59 Å². The average molecular weight is 251 g/mol. The zero-order valence-electron chi connectivity index (χ0n) is 8.63. The molecular weight excluding hydrogens is 238 g/mol. The van der Waals surface area contributed by atoms with Crippen LogP contribution in [0.1, 0.15) is 6.42 Å². The van der Waals surface area contributed by atoms with Gasteiger partial charge in [-0.1, -0.05) is 0 Å². The lowest BCUT2D eigenvalue weighted by Crippen LogP contribution is -2.59. The topological polar surface area (TPSA) is 116 Å². The molecular formula is C7H13N3O5S. The molecule has 1 fully saturated rings. The van der Waals surface area contributed by atoms with Crippen LogP contribution in [0.2, 0.25) is 0 Å². The van der Waals surface area contributed by atoms with Gasteiger partial charge >= 0.3 is 5.97 Å². The molecule has 0 radical (unpaired) electrons. The molecule has 92 valence electrons. The monoisotopic (exact) mass is 251 g/mol. The molecule has 1 aliphatic rings. The van der Waals surface area contributed by atoms with Crippen molar-refractivity contribution in [2.75, 3.05) is 20.1 Å². The van der Waals surface area contributed by atoms with E-state index in [4.69, 9.17) is 5.11 Å². The zero-order valence-corrected chi connectivity index (χ0v) is 9.45. The van der Waals surface area contributed by atoms with Crippen molar-refractivity contribution in [3.05, 3.63) is 0 Å². The first kappa shape index (κ1) is 12.9. The quantitative estimate of drug-likeness (QED) is 0.521. The van der Waals surface area contributed by atoms with E-state index >= 15 is 0 Å². The fourth-order valence-electron chi connectivity index (χ4n) is 1.46. The van der Waals surface area contributed by atoms with Crippen LogP contribution in [0.15, 0.2) is 0 Å². The summed E-state index contributed by atoms with van der Waals surface area (Å²) in [6, 6.07) is -1.19. The van der Waals surface area contributed by atoms with E-state index in [9.17, 15) is 18.0 Å². The molecule has 0 saturated carbocycles. The van der Waals surface area contributed by atoms with E-state index in [0.717, 1.165) is 4.31 Å². The molecule has 1 heterocycles. The summed E-state index contributed by atoms with van der Waals surface area (Å²) in [6.45, 7) is 0.239. The SMILES string of the molecule is CNS(=O)(=O)N1CCNC(=O)C1CC(=O)O. The maximum absolute atomic E-state index is 11.5. The highest BCUT2D eigenvalue weighted by Gasteiger charge is 2.38. The number of amides is 1. The lowest BCUT2D eigenvalue weighted by Gasteiger charge is -2.32. The van der Waals surface area contributed by atoms with E-state index in [0.29, 0.717) is 0 Å². The molecule has 0 spiro atoms. The Hall–Kier alpha value is -1.19. The van der Waals surface area contributed by atoms with Crippen LogP contribution < -0.4 is 10.0 Å². The first-order chi connectivity index (χ1) is 7.38. The molecule has 0 aromatic rings. The van der Waals surface area contributed by atoms with Crippen molar-refractivity contribution < 1.29 is 23.1 Å². The minimum atomic E-state index is -3.79. The minimum absolute atomic E-state index is 0.0624. The highest BCUT2D eigenvalue weighted by molar-refractivity contribution is 7.87. The van der Waals surface area contributed by atoms with Gasteiger partial charge in [-0.25, -0.2) is 4.72 Å². The Morgan fingerprint density at radius 2 is 2.31 bits per heavy atom. The number of carbonyl (C=O) groups excluding carboxylic acids is 1. The number of rotatable bonds is 4. The Kier molecular flexibility index (Phi) is 3.83. The summed E-state index contributed by atoms with van der Waals surface area (Å²) >= 11 is 0. The smallest absolute Gasteiger partial charge is 0.305 e. The standard InChI is InChI=1S/C7H13N3O5S/c1-8-16(14,15)10-3-2-9-7(13)5(10)4-6(11)12/h5,8H,2-4H2,1H3,(H,9,13)(H,11,12). The summed E-state index contributed by atoms with van der Waals surface area (Å²) < 4.78 is 26.0. The number of carboxylic acid groups (broad SMARTS) is 1. The van der Waals surface area contributed by atoms with Crippen LogP contribution in [-0.2, 0) is 19.8 Å². The van der Waals surface area contributed by atoms with Gasteiger partial charge in [-0.05, 0) is 0 Å². The molecule has 1 unspecified atom stereocenters. The van der Waals surface area contributed by atoms with Crippen molar-refractivity contribution >= 4 is 22.1 Å². The number of carboxylic acids is 1. The van der Waals surface area contributed by atoms with Gasteiger partial charge in [0.05, 0.1) is 6.42 Å². The minimum Gasteiger partial charge on any atom is -0.481 e. The maximum Gasteiger partial charge on any atom is 0.305 e. The molecule has 0 aliphatic carbocycles. The van der Waals surface area contributed by atoms with Gasteiger partial charge in [-0.2, -0.15) is 12.7 Å². The van der Waals surface area contributed by atoms with E-state index in [1.54, 1.807) is 0 Å². The second-order valence-electron chi connectivity index (χ2n) is 3.22. The van der Waals surface area contributed by atoms with Crippen molar-refractivity contribution in [1.82, 2.24) is 14.3 Å². The Morgan fingerprint density at radius 1 is 1.69 bits per heavy atom. The van der Waals surface area contributed by atoms with Gasteiger partial charge in [0.25, 0.3) is 10.2 Å². The largest absolute Gasteiger partial charge is 0.481 e. The third kappa shape index (κ3) is 2.68. The molecule has 1 amide bonds. The third-order valence-corrected chi connectivity index (χ3v) is 3.79. The molecule has 0 aromatic carbocycles. The fourth-order valence-corrected chi connectivity index (χ4v) is 2.53. The number of hydrogen-bond acceptors (Lipinski definition) is 4. The van der Waals surface area contributed by atoms with Crippen molar-refractivity contribution in [2.45, 2.75) is 12.5 Å². The fraction of sp³-hybridized carbons (Fsp3) is 0.714. The Morgan fingerprint density at radius 3 is 2.81 bits per heavy atom. The summed E-state index contributed by atoms with van der Waals surface area (Å²) in [4.78, 5) is 21.9. The van der Waals surface area contributed by atoms with Crippen LogP contribution in [-0.4, -0.2) is 55.9 Å². The van der Waals surface area contributed by atoms with Gasteiger partial charge in [-0.15, -0.1) is 0 Å². The van der Waals surface area contributed by atoms with Crippen molar-refractivity contribution in [2.24, 2.45) is 0 Å². The van der Waals surface area contributed by atoms with E-state index in [2.05, 4.69) is 10.0 Å². The summed E-state index contributed by atoms with van der Waals surface area (Å²) in [5.41, 5.74) is 0. The number of piperazine rings is 1. The van der Waals surface area contributed by atoms with E-state index in [1.807, 2.05) is 0 Å². The molecule has 16 heavy (non-hydrogen) atoms. The van der Waals surface area contributed by atoms with E-state index in [1.165, 1.54) is 7.05 Å². The summed E-state index contributed by atoms with van der Waals surface area (Å²) in [5, 5.41) is 11.0. The number of nitrogens with one attached hydrogen (secondary N) is 2. The zero-order chi connectivity index (χ0) is 12.3. The van der Waals surface area contributed by atoms with Gasteiger partial charge in [0.1, 0.15) is 6.04 Å². The predicted octanol–water partition coefficient (Wildman–Crippen LogP) is -2.27. The number of hydrogen-bond donors (Lipinski definition) is 3. The van der Waals surface area contributed by atoms with Gasteiger partial charge in [0.2, 0.25) is 5.91 Å². The van der Waals surface area contributed by atoms with E-state index < -0.39 is 34.5 Å². The van der Waals surface area contributed by atoms with Crippen molar-refractivity contribution in [1.29, 1.82) is 0 Å². The molecule has 1 atom stereocenters. The van der Waals surface area contributed by atoms with E-state index in [-0.39, 0.29) is 13.1 Å². The Labute approximate surface area is 92.8 Å². The van der Waals surface area contributed by atoms with Crippen LogP contribution in [0.4, 0.5) is 0 Å². The maximum atomic E-state index is 11.5. The lowest BCUT2D eigenvalue weighted by molar-refractivity contribution is -0.141. The molecule has 8 nitrogen and oxygen atoms in total.